The van der Waals surface area contributed by atoms with Gasteiger partial charge in [-0.1, -0.05) is 18.2 Å². The maximum atomic E-state index is 12.2. The monoisotopic (exact) mass is 339 g/mol. The first kappa shape index (κ1) is 16.6. The lowest BCUT2D eigenvalue weighted by Gasteiger charge is -2.13. The smallest absolute Gasteiger partial charge is 0.341 e. The Morgan fingerprint density at radius 2 is 1.96 bits per heavy atom. The number of ether oxygens (including phenoxy) is 2. The van der Waals surface area contributed by atoms with Gasteiger partial charge in [0.15, 0.2) is 0 Å². The van der Waals surface area contributed by atoms with Crippen LogP contribution < -0.4 is 0 Å². The minimum absolute atomic E-state index is 0.135. The van der Waals surface area contributed by atoms with Crippen molar-refractivity contribution >= 4 is 22.8 Å². The molecule has 3 rings (SSSR count). The number of aromatic nitrogens is 3. The van der Waals surface area contributed by atoms with Crippen molar-refractivity contribution in [3.05, 3.63) is 59.0 Å². The second-order valence-electron chi connectivity index (χ2n) is 5.55. The van der Waals surface area contributed by atoms with Crippen LogP contribution in [0.2, 0.25) is 0 Å². The Morgan fingerprint density at radius 3 is 2.64 bits per heavy atom. The fourth-order valence-electron chi connectivity index (χ4n) is 2.66. The molecule has 0 spiro atoms. The summed E-state index contributed by atoms with van der Waals surface area (Å²) in [6.07, 6.45) is 2.98. The zero-order chi connectivity index (χ0) is 18.0. The van der Waals surface area contributed by atoms with E-state index in [1.807, 2.05) is 31.2 Å². The van der Waals surface area contributed by atoms with Crippen LogP contribution in [0, 0.1) is 6.92 Å². The average Bonchev–Trinajstić information content (AvgIpc) is 3.05. The van der Waals surface area contributed by atoms with Gasteiger partial charge in [0.2, 0.25) is 0 Å². The van der Waals surface area contributed by atoms with Crippen LogP contribution in [-0.2, 0) is 23.1 Å². The number of nitrogens with zero attached hydrogens (tertiary/aromatic N) is 3. The van der Waals surface area contributed by atoms with Crippen molar-refractivity contribution in [1.29, 1.82) is 0 Å². The number of hydrogen-bond acceptors (Lipinski definition) is 6. The van der Waals surface area contributed by atoms with Crippen molar-refractivity contribution in [3.63, 3.8) is 0 Å². The van der Waals surface area contributed by atoms with Gasteiger partial charge in [-0.3, -0.25) is 4.68 Å². The molecular formula is C18H17N3O4. The zero-order valence-corrected chi connectivity index (χ0v) is 14.1. The molecule has 2 heterocycles. The molecule has 2 aromatic heterocycles. The van der Waals surface area contributed by atoms with E-state index in [9.17, 15) is 9.59 Å². The van der Waals surface area contributed by atoms with Gasteiger partial charge < -0.3 is 9.47 Å². The number of fused-ring (bicyclic) bond motifs is 1. The first-order valence-electron chi connectivity index (χ1n) is 7.63. The summed E-state index contributed by atoms with van der Waals surface area (Å²) in [6.45, 7) is 1.69. The Labute approximate surface area is 144 Å². The first-order valence-corrected chi connectivity index (χ1v) is 7.63. The lowest BCUT2D eigenvalue weighted by molar-refractivity contribution is 0.0455. The molecule has 0 amide bonds. The fraction of sp³-hybridized carbons (Fsp3) is 0.222. The Morgan fingerprint density at radius 1 is 1.20 bits per heavy atom. The Hall–Kier alpha value is -3.22. The third-order valence-electron chi connectivity index (χ3n) is 3.90. The molecule has 0 N–H and O–H groups in total. The number of aryl methyl sites for hydroxylation is 2. The number of esters is 2. The molecule has 3 aromatic rings. The van der Waals surface area contributed by atoms with Crippen molar-refractivity contribution in [3.8, 4) is 0 Å². The first-order chi connectivity index (χ1) is 12.0. The van der Waals surface area contributed by atoms with E-state index in [0.717, 1.165) is 16.5 Å². The van der Waals surface area contributed by atoms with Crippen molar-refractivity contribution < 1.29 is 19.1 Å². The van der Waals surface area contributed by atoms with E-state index in [2.05, 4.69) is 10.1 Å². The van der Waals surface area contributed by atoms with Crippen LogP contribution in [0.3, 0.4) is 0 Å². The largest absolute Gasteiger partial charge is 0.465 e. The Balaban J connectivity index is 1.96. The highest BCUT2D eigenvalue weighted by atomic mass is 16.5. The van der Waals surface area contributed by atoms with E-state index in [1.54, 1.807) is 13.2 Å². The van der Waals surface area contributed by atoms with Gasteiger partial charge >= 0.3 is 11.9 Å². The minimum Gasteiger partial charge on any atom is -0.465 e. The number of rotatable bonds is 4. The summed E-state index contributed by atoms with van der Waals surface area (Å²) in [5.41, 5.74) is 2.48. The van der Waals surface area contributed by atoms with E-state index in [-0.39, 0.29) is 6.61 Å². The van der Waals surface area contributed by atoms with Crippen LogP contribution in [0.5, 0.6) is 0 Å². The van der Waals surface area contributed by atoms with Gasteiger partial charge in [0.1, 0.15) is 6.61 Å². The van der Waals surface area contributed by atoms with Crippen LogP contribution in [0.4, 0.5) is 0 Å². The zero-order valence-electron chi connectivity index (χ0n) is 14.1. The standard InChI is InChI=1S/C18H17N3O4/c1-11-13-6-4-5-7-14(13)20-15(16(11)18(23)24-3)10-25-17(22)12-8-19-21(2)9-12/h4-9H,10H2,1-3H3. The predicted octanol–water partition coefficient (Wildman–Crippen LogP) is 2.42. The number of para-hydroxylation sites is 1. The van der Waals surface area contributed by atoms with Crippen LogP contribution >= 0.6 is 0 Å². The van der Waals surface area contributed by atoms with Gasteiger partial charge in [-0.15, -0.1) is 0 Å². The second-order valence-corrected chi connectivity index (χ2v) is 5.55. The number of methoxy groups -OCH3 is 1. The summed E-state index contributed by atoms with van der Waals surface area (Å²) in [4.78, 5) is 28.8. The van der Waals surface area contributed by atoms with E-state index in [4.69, 9.17) is 9.47 Å². The fourth-order valence-corrected chi connectivity index (χ4v) is 2.66. The van der Waals surface area contributed by atoms with Crippen molar-refractivity contribution in [2.24, 2.45) is 7.05 Å². The van der Waals surface area contributed by atoms with E-state index in [0.29, 0.717) is 16.8 Å². The molecule has 0 aliphatic heterocycles. The van der Waals surface area contributed by atoms with Crippen LogP contribution in [0.15, 0.2) is 36.7 Å². The molecule has 0 aliphatic rings. The molecule has 0 saturated carbocycles. The van der Waals surface area contributed by atoms with Crippen molar-refractivity contribution in [2.75, 3.05) is 7.11 Å². The molecule has 0 atom stereocenters. The van der Waals surface area contributed by atoms with E-state index >= 15 is 0 Å². The number of carbonyl (C=O) groups is 2. The van der Waals surface area contributed by atoms with Gasteiger partial charge in [0, 0.05) is 18.6 Å². The molecule has 7 nitrogen and oxygen atoms in total. The number of carbonyl (C=O) groups excluding carboxylic acids is 2. The number of hydrogen-bond donors (Lipinski definition) is 0. The molecule has 0 saturated heterocycles. The summed E-state index contributed by atoms with van der Waals surface area (Å²) >= 11 is 0. The van der Waals surface area contributed by atoms with Crippen molar-refractivity contribution in [2.45, 2.75) is 13.5 Å². The van der Waals surface area contributed by atoms with Gasteiger partial charge in [0.25, 0.3) is 0 Å². The topological polar surface area (TPSA) is 83.3 Å². The third-order valence-corrected chi connectivity index (χ3v) is 3.90. The third kappa shape index (κ3) is 3.21. The maximum absolute atomic E-state index is 12.2. The highest BCUT2D eigenvalue weighted by Gasteiger charge is 2.21. The summed E-state index contributed by atoms with van der Waals surface area (Å²) in [6, 6.07) is 7.46. The van der Waals surface area contributed by atoms with Gasteiger partial charge in [-0.05, 0) is 18.6 Å². The van der Waals surface area contributed by atoms with Gasteiger partial charge in [-0.25, -0.2) is 14.6 Å². The van der Waals surface area contributed by atoms with Gasteiger partial charge in [-0.2, -0.15) is 5.10 Å². The summed E-state index contributed by atoms with van der Waals surface area (Å²) in [5, 5.41) is 4.78. The number of pyridine rings is 1. The molecule has 7 heteroatoms. The summed E-state index contributed by atoms with van der Waals surface area (Å²) < 4.78 is 11.7. The normalized spacial score (nSPS) is 10.7. The van der Waals surface area contributed by atoms with E-state index in [1.165, 1.54) is 18.0 Å². The lowest BCUT2D eigenvalue weighted by Crippen LogP contribution is -2.14. The molecule has 0 fully saturated rings. The van der Waals surface area contributed by atoms with Crippen LogP contribution in [0.25, 0.3) is 10.9 Å². The van der Waals surface area contributed by atoms with Crippen LogP contribution in [0.1, 0.15) is 32.0 Å². The Bertz CT molecular complexity index is 962. The highest BCUT2D eigenvalue weighted by Crippen LogP contribution is 2.24. The summed E-state index contributed by atoms with van der Waals surface area (Å²) in [5.74, 6) is -1.04. The molecule has 0 radical (unpaired) electrons. The molecule has 128 valence electrons. The van der Waals surface area contributed by atoms with Crippen LogP contribution in [-0.4, -0.2) is 33.8 Å². The SMILES string of the molecule is COC(=O)c1c(COC(=O)c2cnn(C)c2)nc2ccccc2c1C. The highest BCUT2D eigenvalue weighted by molar-refractivity contribution is 5.98. The molecular weight excluding hydrogens is 322 g/mol. The van der Waals surface area contributed by atoms with Gasteiger partial charge in [0.05, 0.1) is 35.6 Å². The molecule has 1 aromatic carbocycles. The number of benzene rings is 1. The maximum Gasteiger partial charge on any atom is 0.341 e. The predicted molar refractivity (Wildman–Crippen MR) is 90.1 cm³/mol. The molecule has 0 aliphatic carbocycles. The molecule has 0 unspecified atom stereocenters. The average molecular weight is 339 g/mol. The minimum atomic E-state index is -0.531. The molecule has 0 bridgehead atoms. The molecule has 25 heavy (non-hydrogen) atoms. The summed E-state index contributed by atoms with van der Waals surface area (Å²) in [7, 11) is 3.02. The van der Waals surface area contributed by atoms with Crippen molar-refractivity contribution in [1.82, 2.24) is 14.8 Å². The second kappa shape index (κ2) is 6.72. The van der Waals surface area contributed by atoms with E-state index < -0.39 is 11.9 Å². The Kier molecular flexibility index (Phi) is 4.47. The quantitative estimate of drug-likeness (QED) is 0.679. The lowest BCUT2D eigenvalue weighted by atomic mass is 10.0.